The van der Waals surface area contributed by atoms with E-state index in [0.29, 0.717) is 5.56 Å². The molecule has 24 heavy (non-hydrogen) atoms. The maximum atomic E-state index is 12.3. The minimum Gasteiger partial charge on any atom is -0.387 e. The summed E-state index contributed by atoms with van der Waals surface area (Å²) in [6, 6.07) is 13.5. The first-order chi connectivity index (χ1) is 11.6. The lowest BCUT2D eigenvalue weighted by Crippen LogP contribution is -2.28. The second-order valence-corrected chi connectivity index (χ2v) is 6.83. The van der Waals surface area contributed by atoms with E-state index in [1.54, 1.807) is 17.8 Å². The number of carbonyl (C=O) groups excluding carboxylic acids is 1. The predicted molar refractivity (Wildman–Crippen MR) is 98.9 cm³/mol. The maximum Gasteiger partial charge on any atom is 0.252 e. The molecule has 5 heteroatoms. The van der Waals surface area contributed by atoms with Gasteiger partial charge in [-0.15, -0.1) is 11.8 Å². The molecule has 3 rings (SSSR count). The van der Waals surface area contributed by atoms with E-state index in [1.807, 2.05) is 42.7 Å². The number of hydrogen-bond donors (Lipinski definition) is 2. The molecule has 0 radical (unpaired) electrons. The Morgan fingerprint density at radius 3 is 2.92 bits per heavy atom. The highest BCUT2D eigenvalue weighted by molar-refractivity contribution is 7.98. The summed E-state index contributed by atoms with van der Waals surface area (Å²) in [5.74, 6) is -0.153. The lowest BCUT2D eigenvalue weighted by Gasteiger charge is -2.16. The van der Waals surface area contributed by atoms with Crippen LogP contribution in [0.4, 0.5) is 5.69 Å². The van der Waals surface area contributed by atoms with Gasteiger partial charge in [0, 0.05) is 30.7 Å². The molecule has 1 aliphatic rings. The van der Waals surface area contributed by atoms with Crippen LogP contribution in [-0.4, -0.2) is 37.4 Å². The van der Waals surface area contributed by atoms with Crippen LogP contribution in [-0.2, 0) is 6.42 Å². The second kappa shape index (κ2) is 7.28. The molecule has 0 saturated heterocycles. The van der Waals surface area contributed by atoms with Gasteiger partial charge in [0.05, 0.1) is 11.7 Å². The molecule has 0 unspecified atom stereocenters. The summed E-state index contributed by atoms with van der Waals surface area (Å²) >= 11 is 1.54. The Morgan fingerprint density at radius 1 is 1.33 bits per heavy atom. The van der Waals surface area contributed by atoms with Crippen LogP contribution in [0.2, 0.25) is 0 Å². The van der Waals surface area contributed by atoms with Crippen LogP contribution in [0.5, 0.6) is 0 Å². The molecule has 0 aromatic heterocycles. The first kappa shape index (κ1) is 16.9. The van der Waals surface area contributed by atoms with Gasteiger partial charge in [-0.3, -0.25) is 4.79 Å². The molecule has 1 heterocycles. The van der Waals surface area contributed by atoms with Gasteiger partial charge in [0.2, 0.25) is 0 Å². The van der Waals surface area contributed by atoms with Gasteiger partial charge < -0.3 is 15.3 Å². The molecule has 0 bridgehead atoms. The Morgan fingerprint density at radius 2 is 2.12 bits per heavy atom. The van der Waals surface area contributed by atoms with Gasteiger partial charge in [-0.2, -0.15) is 0 Å². The Labute approximate surface area is 146 Å². The lowest BCUT2D eigenvalue weighted by atomic mass is 10.0. The smallest absolute Gasteiger partial charge is 0.252 e. The topological polar surface area (TPSA) is 52.6 Å². The molecule has 1 atom stereocenters. The van der Waals surface area contributed by atoms with E-state index >= 15 is 0 Å². The molecular weight excluding hydrogens is 320 g/mol. The molecule has 2 N–H and O–H groups in total. The van der Waals surface area contributed by atoms with Crippen molar-refractivity contribution in [3.8, 4) is 0 Å². The van der Waals surface area contributed by atoms with Crippen LogP contribution in [0.1, 0.15) is 27.6 Å². The quantitative estimate of drug-likeness (QED) is 0.821. The first-order valence-corrected chi connectivity index (χ1v) is 9.26. The number of thioether (sulfide) groups is 1. The Balaban J connectivity index is 1.65. The average molecular weight is 342 g/mol. The third-order valence-corrected chi connectivity index (χ3v) is 5.22. The predicted octanol–water partition coefficient (Wildman–Crippen LogP) is 2.86. The number of amides is 1. The minimum absolute atomic E-state index is 0.153. The minimum atomic E-state index is -0.702. The van der Waals surface area contributed by atoms with Crippen LogP contribution in [0.25, 0.3) is 0 Å². The second-order valence-electron chi connectivity index (χ2n) is 5.99. The summed E-state index contributed by atoms with van der Waals surface area (Å²) in [4.78, 5) is 15.5. The first-order valence-electron chi connectivity index (χ1n) is 8.03. The van der Waals surface area contributed by atoms with Crippen molar-refractivity contribution in [2.24, 2.45) is 0 Å². The number of nitrogens with one attached hydrogen (secondary N) is 1. The highest BCUT2D eigenvalue weighted by atomic mass is 32.2. The third-order valence-electron chi connectivity index (χ3n) is 4.42. The van der Waals surface area contributed by atoms with Gasteiger partial charge >= 0.3 is 0 Å². The van der Waals surface area contributed by atoms with Crippen molar-refractivity contribution >= 4 is 23.4 Å². The SMILES string of the molecule is CSc1ccccc1C(=O)NC[C@H](O)c1ccc2c(c1)CCN2C. The van der Waals surface area contributed by atoms with Crippen LogP contribution in [0.3, 0.4) is 0 Å². The van der Waals surface area contributed by atoms with Crippen molar-refractivity contribution in [2.75, 3.05) is 31.3 Å². The van der Waals surface area contributed by atoms with Crippen molar-refractivity contribution in [2.45, 2.75) is 17.4 Å². The molecule has 126 valence electrons. The summed E-state index contributed by atoms with van der Waals surface area (Å²) in [7, 11) is 2.07. The Kier molecular flexibility index (Phi) is 5.11. The summed E-state index contributed by atoms with van der Waals surface area (Å²) in [5.41, 5.74) is 3.98. The Hall–Kier alpha value is -1.98. The van der Waals surface area contributed by atoms with Crippen LogP contribution in [0, 0.1) is 0 Å². The van der Waals surface area contributed by atoms with Crippen LogP contribution < -0.4 is 10.2 Å². The zero-order valence-electron chi connectivity index (χ0n) is 14.0. The van der Waals surface area contributed by atoms with Crippen LogP contribution >= 0.6 is 11.8 Å². The van der Waals surface area contributed by atoms with Gasteiger partial charge in [-0.1, -0.05) is 24.3 Å². The number of likely N-dealkylation sites (N-methyl/N-ethyl adjacent to an activating group) is 1. The molecule has 1 amide bonds. The summed E-state index contributed by atoms with van der Waals surface area (Å²) < 4.78 is 0. The largest absolute Gasteiger partial charge is 0.387 e. The lowest BCUT2D eigenvalue weighted by molar-refractivity contribution is 0.0913. The Bertz CT molecular complexity index is 748. The molecule has 0 fully saturated rings. The molecule has 2 aromatic rings. The molecule has 0 saturated carbocycles. The van der Waals surface area contributed by atoms with Crippen molar-refractivity contribution in [1.29, 1.82) is 0 Å². The summed E-state index contributed by atoms with van der Waals surface area (Å²) in [6.45, 7) is 1.22. The number of nitrogens with zero attached hydrogens (tertiary/aromatic N) is 1. The third kappa shape index (κ3) is 3.42. The number of benzene rings is 2. The monoisotopic (exact) mass is 342 g/mol. The van der Waals surface area contributed by atoms with E-state index in [2.05, 4.69) is 17.3 Å². The number of hydrogen-bond acceptors (Lipinski definition) is 4. The fourth-order valence-electron chi connectivity index (χ4n) is 3.03. The molecule has 0 spiro atoms. The molecular formula is C19H22N2O2S. The van der Waals surface area contributed by atoms with Crippen molar-refractivity contribution in [3.05, 3.63) is 59.2 Å². The van der Waals surface area contributed by atoms with Crippen molar-refractivity contribution in [3.63, 3.8) is 0 Å². The molecule has 0 aliphatic carbocycles. The normalized spacial score (nSPS) is 14.4. The average Bonchev–Trinajstić information content (AvgIpc) is 2.99. The fraction of sp³-hybridized carbons (Fsp3) is 0.316. The van der Waals surface area contributed by atoms with E-state index < -0.39 is 6.10 Å². The van der Waals surface area contributed by atoms with Gasteiger partial charge in [-0.05, 0) is 42.0 Å². The number of aliphatic hydroxyl groups excluding tert-OH is 1. The number of aliphatic hydroxyl groups is 1. The van der Waals surface area contributed by atoms with E-state index in [0.717, 1.165) is 23.4 Å². The number of rotatable bonds is 5. The summed E-state index contributed by atoms with van der Waals surface area (Å²) in [5, 5.41) is 13.2. The van der Waals surface area contributed by atoms with Gasteiger partial charge in [0.25, 0.3) is 5.91 Å². The van der Waals surface area contributed by atoms with E-state index in [-0.39, 0.29) is 12.5 Å². The highest BCUT2D eigenvalue weighted by Crippen LogP contribution is 2.29. The zero-order chi connectivity index (χ0) is 17.1. The molecule has 1 aliphatic heterocycles. The van der Waals surface area contributed by atoms with Crippen molar-refractivity contribution in [1.82, 2.24) is 5.32 Å². The fourth-order valence-corrected chi connectivity index (χ4v) is 3.62. The van der Waals surface area contributed by atoms with Gasteiger partial charge in [-0.25, -0.2) is 0 Å². The zero-order valence-corrected chi connectivity index (χ0v) is 14.8. The highest BCUT2D eigenvalue weighted by Gasteiger charge is 2.18. The van der Waals surface area contributed by atoms with E-state index in [9.17, 15) is 9.90 Å². The molecule has 2 aromatic carbocycles. The maximum absolute atomic E-state index is 12.3. The summed E-state index contributed by atoms with van der Waals surface area (Å²) in [6.07, 6.45) is 2.24. The van der Waals surface area contributed by atoms with E-state index in [1.165, 1.54) is 11.3 Å². The standard InChI is InChI=1S/C19H22N2O2S/c1-21-10-9-13-11-14(7-8-16(13)21)17(22)12-20-19(23)15-5-3-4-6-18(15)24-2/h3-8,11,17,22H,9-10,12H2,1-2H3,(H,20,23)/t17-/m0/s1. The van der Waals surface area contributed by atoms with Gasteiger partial charge in [0.15, 0.2) is 0 Å². The molecule has 4 nitrogen and oxygen atoms in total. The van der Waals surface area contributed by atoms with Crippen LogP contribution in [0.15, 0.2) is 47.4 Å². The number of carbonyl (C=O) groups is 1. The van der Waals surface area contributed by atoms with E-state index in [4.69, 9.17) is 0 Å². The number of fused-ring (bicyclic) bond motifs is 1. The van der Waals surface area contributed by atoms with Gasteiger partial charge in [0.1, 0.15) is 0 Å². The number of anilines is 1. The van der Waals surface area contributed by atoms with Crippen molar-refractivity contribution < 1.29 is 9.90 Å².